The lowest BCUT2D eigenvalue weighted by Crippen LogP contribution is -2.20. The molecule has 84 valence electrons. The number of methoxy groups -OCH3 is 1. The van der Waals surface area contributed by atoms with Gasteiger partial charge in [-0.2, -0.15) is 0 Å². The molecule has 0 atom stereocenters. The Morgan fingerprint density at radius 2 is 2.47 bits per heavy atom. The number of furan rings is 1. The summed E-state index contributed by atoms with van der Waals surface area (Å²) in [6.45, 7) is 4.50. The SMILES string of the molecule is COCCNC/C(C)=C/c1occc1Br. The average Bonchev–Trinajstić information content (AvgIpc) is 2.59. The van der Waals surface area contributed by atoms with E-state index in [-0.39, 0.29) is 0 Å². The van der Waals surface area contributed by atoms with Crippen LogP contribution in [0.5, 0.6) is 0 Å². The third-order valence-corrected chi connectivity index (χ3v) is 2.56. The molecule has 0 aliphatic rings. The molecule has 3 nitrogen and oxygen atoms in total. The van der Waals surface area contributed by atoms with Crippen molar-refractivity contribution in [2.45, 2.75) is 6.92 Å². The molecule has 15 heavy (non-hydrogen) atoms. The van der Waals surface area contributed by atoms with Gasteiger partial charge in [0.1, 0.15) is 5.76 Å². The fourth-order valence-electron chi connectivity index (χ4n) is 1.14. The van der Waals surface area contributed by atoms with E-state index in [1.807, 2.05) is 12.1 Å². The Labute approximate surface area is 98.6 Å². The number of hydrogen-bond acceptors (Lipinski definition) is 3. The quantitative estimate of drug-likeness (QED) is 0.810. The maximum Gasteiger partial charge on any atom is 0.140 e. The zero-order valence-electron chi connectivity index (χ0n) is 9.05. The van der Waals surface area contributed by atoms with Gasteiger partial charge in [0.05, 0.1) is 17.3 Å². The van der Waals surface area contributed by atoms with Crippen LogP contribution in [0.15, 0.2) is 26.8 Å². The van der Waals surface area contributed by atoms with E-state index in [1.54, 1.807) is 13.4 Å². The van der Waals surface area contributed by atoms with Gasteiger partial charge in [-0.3, -0.25) is 0 Å². The Morgan fingerprint density at radius 3 is 3.07 bits per heavy atom. The summed E-state index contributed by atoms with van der Waals surface area (Å²) in [6.07, 6.45) is 3.69. The lowest BCUT2D eigenvalue weighted by atomic mass is 10.2. The van der Waals surface area contributed by atoms with Crippen molar-refractivity contribution in [2.75, 3.05) is 26.8 Å². The molecule has 0 amide bonds. The molecule has 0 aliphatic carbocycles. The van der Waals surface area contributed by atoms with Crippen molar-refractivity contribution < 1.29 is 9.15 Å². The van der Waals surface area contributed by atoms with Crippen LogP contribution < -0.4 is 5.32 Å². The molecule has 0 spiro atoms. The summed E-state index contributed by atoms with van der Waals surface area (Å²) < 4.78 is 11.2. The van der Waals surface area contributed by atoms with Crippen LogP contribution in [-0.4, -0.2) is 26.8 Å². The molecule has 0 saturated heterocycles. The summed E-state index contributed by atoms with van der Waals surface area (Å²) in [5, 5.41) is 3.27. The summed E-state index contributed by atoms with van der Waals surface area (Å²) >= 11 is 3.41. The van der Waals surface area contributed by atoms with E-state index >= 15 is 0 Å². The Kier molecular flexibility index (Phi) is 5.68. The number of halogens is 1. The van der Waals surface area contributed by atoms with Gasteiger partial charge >= 0.3 is 0 Å². The van der Waals surface area contributed by atoms with Crippen LogP contribution in [0.1, 0.15) is 12.7 Å². The molecule has 0 fully saturated rings. The number of hydrogen-bond donors (Lipinski definition) is 1. The molecule has 0 aromatic carbocycles. The van der Waals surface area contributed by atoms with Crippen molar-refractivity contribution in [1.82, 2.24) is 5.32 Å². The molecule has 0 aliphatic heterocycles. The Balaban J connectivity index is 2.36. The first kappa shape index (κ1) is 12.5. The fourth-order valence-corrected chi connectivity index (χ4v) is 1.46. The number of rotatable bonds is 6. The third-order valence-electron chi connectivity index (χ3n) is 1.91. The van der Waals surface area contributed by atoms with Gasteiger partial charge in [-0.1, -0.05) is 5.57 Å². The summed E-state index contributed by atoms with van der Waals surface area (Å²) in [7, 11) is 1.70. The van der Waals surface area contributed by atoms with Crippen LogP contribution in [0.2, 0.25) is 0 Å². The second kappa shape index (κ2) is 6.82. The minimum atomic E-state index is 0.734. The molecule has 0 bridgehead atoms. The van der Waals surface area contributed by atoms with Crippen LogP contribution in [0, 0.1) is 0 Å². The summed E-state index contributed by atoms with van der Waals surface area (Å²) in [4.78, 5) is 0. The first-order valence-corrected chi connectivity index (χ1v) is 5.63. The van der Waals surface area contributed by atoms with Crippen LogP contribution in [0.3, 0.4) is 0 Å². The van der Waals surface area contributed by atoms with Gasteiger partial charge in [0.25, 0.3) is 0 Å². The van der Waals surface area contributed by atoms with Gasteiger partial charge in [-0.25, -0.2) is 0 Å². The van der Waals surface area contributed by atoms with Crippen molar-refractivity contribution in [2.24, 2.45) is 0 Å². The second-order valence-corrected chi connectivity index (χ2v) is 4.15. The molecule has 4 heteroatoms. The van der Waals surface area contributed by atoms with Crippen LogP contribution in [0.25, 0.3) is 6.08 Å². The van der Waals surface area contributed by atoms with Gasteiger partial charge in [0.2, 0.25) is 0 Å². The standard InChI is InChI=1S/C11H16BrNO2/c1-9(8-13-4-6-14-2)7-11-10(12)3-5-15-11/h3,5,7,13H,4,6,8H2,1-2H3/b9-7+. The molecular formula is C11H16BrNO2. The van der Waals surface area contributed by atoms with Crippen LogP contribution >= 0.6 is 15.9 Å². The molecule has 1 rings (SSSR count). The fraction of sp³-hybridized carbons (Fsp3) is 0.455. The predicted octanol–water partition coefficient (Wildman–Crippen LogP) is 2.68. The minimum absolute atomic E-state index is 0.734. The zero-order valence-corrected chi connectivity index (χ0v) is 10.6. The maximum atomic E-state index is 5.29. The molecule has 1 aromatic rings. The molecule has 1 heterocycles. The van der Waals surface area contributed by atoms with E-state index < -0.39 is 0 Å². The number of nitrogens with one attached hydrogen (secondary N) is 1. The van der Waals surface area contributed by atoms with Crippen molar-refractivity contribution in [1.29, 1.82) is 0 Å². The third kappa shape index (κ3) is 4.64. The monoisotopic (exact) mass is 273 g/mol. The lowest BCUT2D eigenvalue weighted by molar-refractivity contribution is 0.200. The molecule has 0 radical (unpaired) electrons. The van der Waals surface area contributed by atoms with E-state index in [1.165, 1.54) is 5.57 Å². The highest BCUT2D eigenvalue weighted by Crippen LogP contribution is 2.19. The molecule has 0 saturated carbocycles. The van der Waals surface area contributed by atoms with Crippen molar-refractivity contribution in [3.63, 3.8) is 0 Å². The van der Waals surface area contributed by atoms with Crippen molar-refractivity contribution in [3.05, 3.63) is 28.1 Å². The van der Waals surface area contributed by atoms with Crippen molar-refractivity contribution >= 4 is 22.0 Å². The van der Waals surface area contributed by atoms with Gasteiger partial charge < -0.3 is 14.5 Å². The highest BCUT2D eigenvalue weighted by atomic mass is 79.9. The van der Waals surface area contributed by atoms with E-state index in [0.29, 0.717) is 0 Å². The van der Waals surface area contributed by atoms with Gasteiger partial charge in [0.15, 0.2) is 0 Å². The lowest BCUT2D eigenvalue weighted by Gasteiger charge is -2.03. The van der Waals surface area contributed by atoms with Crippen LogP contribution in [0.4, 0.5) is 0 Å². The van der Waals surface area contributed by atoms with Crippen molar-refractivity contribution in [3.8, 4) is 0 Å². The van der Waals surface area contributed by atoms with Crippen LogP contribution in [-0.2, 0) is 4.74 Å². The molecule has 0 unspecified atom stereocenters. The minimum Gasteiger partial charge on any atom is -0.464 e. The zero-order chi connectivity index (χ0) is 11.1. The summed E-state index contributed by atoms with van der Waals surface area (Å²) in [5.74, 6) is 0.862. The van der Waals surface area contributed by atoms with E-state index in [2.05, 4.69) is 28.2 Å². The molecular weight excluding hydrogens is 258 g/mol. The highest BCUT2D eigenvalue weighted by molar-refractivity contribution is 9.10. The summed E-state index contributed by atoms with van der Waals surface area (Å²) in [5.41, 5.74) is 1.22. The topological polar surface area (TPSA) is 34.4 Å². The largest absolute Gasteiger partial charge is 0.464 e. The summed E-state index contributed by atoms with van der Waals surface area (Å²) in [6, 6.07) is 1.89. The molecule has 1 N–H and O–H groups in total. The second-order valence-electron chi connectivity index (χ2n) is 3.29. The van der Waals surface area contributed by atoms with E-state index in [0.717, 1.165) is 29.9 Å². The van der Waals surface area contributed by atoms with Gasteiger partial charge in [-0.15, -0.1) is 0 Å². The maximum absolute atomic E-state index is 5.29. The van der Waals surface area contributed by atoms with Gasteiger partial charge in [0, 0.05) is 20.2 Å². The van der Waals surface area contributed by atoms with E-state index in [9.17, 15) is 0 Å². The first-order chi connectivity index (χ1) is 7.24. The van der Waals surface area contributed by atoms with Gasteiger partial charge in [-0.05, 0) is 35.0 Å². The average molecular weight is 274 g/mol. The number of ether oxygens (including phenoxy) is 1. The molecule has 1 aromatic heterocycles. The predicted molar refractivity (Wildman–Crippen MR) is 64.8 cm³/mol. The Hall–Kier alpha value is -0.580. The smallest absolute Gasteiger partial charge is 0.140 e. The normalized spacial score (nSPS) is 12.1. The van der Waals surface area contributed by atoms with E-state index in [4.69, 9.17) is 9.15 Å². The Bertz CT molecular complexity index is 320. The first-order valence-electron chi connectivity index (χ1n) is 4.84. The highest BCUT2D eigenvalue weighted by Gasteiger charge is 1.99. The Morgan fingerprint density at radius 1 is 1.67 bits per heavy atom.